The van der Waals surface area contributed by atoms with Crippen molar-refractivity contribution in [3.8, 4) is 0 Å². The Morgan fingerprint density at radius 3 is 3.00 bits per heavy atom. The van der Waals surface area contributed by atoms with Crippen molar-refractivity contribution >= 4 is 17.5 Å². The molecule has 1 aliphatic rings. The number of nitrogens with one attached hydrogen (secondary N) is 2. The molecule has 5 nitrogen and oxygen atoms in total. The van der Waals surface area contributed by atoms with Gasteiger partial charge in [0.05, 0.1) is 10.7 Å². The summed E-state index contributed by atoms with van der Waals surface area (Å²) in [5.41, 5.74) is 2.65. The third kappa shape index (κ3) is 2.58. The van der Waals surface area contributed by atoms with E-state index in [0.717, 1.165) is 30.8 Å². The van der Waals surface area contributed by atoms with Crippen LogP contribution in [0.5, 0.6) is 0 Å². The molecule has 0 aliphatic carbocycles. The van der Waals surface area contributed by atoms with E-state index in [1.54, 1.807) is 12.3 Å². The Balaban J connectivity index is 1.73. The van der Waals surface area contributed by atoms with Crippen molar-refractivity contribution in [2.24, 2.45) is 0 Å². The first-order valence-corrected chi connectivity index (χ1v) is 7.16. The van der Waals surface area contributed by atoms with Gasteiger partial charge in [-0.2, -0.15) is 5.10 Å². The van der Waals surface area contributed by atoms with Crippen molar-refractivity contribution in [2.75, 3.05) is 13.1 Å². The number of likely N-dealkylation sites (tertiary alicyclic amines) is 1. The fraction of sp³-hybridized carbons (Fsp3) is 0.429. The molecule has 3 heterocycles. The van der Waals surface area contributed by atoms with E-state index in [1.807, 2.05) is 11.8 Å². The summed E-state index contributed by atoms with van der Waals surface area (Å²) in [5.74, 6) is 0.317. The van der Waals surface area contributed by atoms with Crippen LogP contribution in [0.1, 0.15) is 40.6 Å². The molecule has 0 spiro atoms. The number of rotatable bonds is 2. The van der Waals surface area contributed by atoms with E-state index in [-0.39, 0.29) is 5.91 Å². The fourth-order valence-corrected chi connectivity index (χ4v) is 2.88. The number of carbonyl (C=O) groups excluding carboxylic acids is 1. The number of hydrogen-bond donors (Lipinski definition) is 2. The largest absolute Gasteiger partial charge is 0.356 e. The fourth-order valence-electron chi connectivity index (χ4n) is 2.71. The third-order valence-electron chi connectivity index (χ3n) is 3.73. The van der Waals surface area contributed by atoms with Crippen molar-refractivity contribution in [1.29, 1.82) is 0 Å². The number of amides is 1. The van der Waals surface area contributed by atoms with Crippen LogP contribution >= 0.6 is 11.6 Å². The zero-order valence-electron chi connectivity index (χ0n) is 11.3. The number of aryl methyl sites for hydroxylation is 1. The maximum atomic E-state index is 12.4. The van der Waals surface area contributed by atoms with E-state index in [1.165, 1.54) is 0 Å². The Bertz CT molecular complexity index is 618. The van der Waals surface area contributed by atoms with Gasteiger partial charge in [0.2, 0.25) is 0 Å². The smallest absolute Gasteiger partial charge is 0.270 e. The van der Waals surface area contributed by atoms with Gasteiger partial charge in [0, 0.05) is 30.9 Å². The Morgan fingerprint density at radius 1 is 1.50 bits per heavy atom. The second kappa shape index (κ2) is 5.32. The lowest BCUT2D eigenvalue weighted by atomic mass is 9.94. The molecule has 1 amide bonds. The van der Waals surface area contributed by atoms with Crippen LogP contribution < -0.4 is 0 Å². The summed E-state index contributed by atoms with van der Waals surface area (Å²) in [5, 5.41) is 7.85. The number of carbonyl (C=O) groups is 1. The van der Waals surface area contributed by atoms with Crippen LogP contribution in [-0.4, -0.2) is 39.1 Å². The van der Waals surface area contributed by atoms with Gasteiger partial charge < -0.3 is 9.88 Å². The molecule has 2 aromatic rings. The molecule has 1 aliphatic heterocycles. The lowest BCUT2D eigenvalue weighted by Gasteiger charge is -2.31. The second-order valence-electron chi connectivity index (χ2n) is 5.30. The molecule has 106 valence electrons. The minimum absolute atomic E-state index is 0.00820. The number of nitrogens with zero attached hydrogens (tertiary/aromatic N) is 2. The molecule has 0 saturated carbocycles. The zero-order chi connectivity index (χ0) is 14.1. The molecule has 1 saturated heterocycles. The average Bonchev–Trinajstić information content (AvgIpc) is 3.07. The first-order chi connectivity index (χ1) is 9.63. The number of H-pyrrole nitrogens is 2. The number of aromatic nitrogens is 3. The summed E-state index contributed by atoms with van der Waals surface area (Å²) >= 11 is 5.85. The Kier molecular flexibility index (Phi) is 3.53. The summed E-state index contributed by atoms with van der Waals surface area (Å²) in [7, 11) is 0. The van der Waals surface area contributed by atoms with Crippen LogP contribution in [0.25, 0.3) is 0 Å². The van der Waals surface area contributed by atoms with E-state index in [2.05, 4.69) is 21.2 Å². The third-order valence-corrected chi connectivity index (χ3v) is 3.95. The van der Waals surface area contributed by atoms with E-state index in [4.69, 9.17) is 11.6 Å². The van der Waals surface area contributed by atoms with Gasteiger partial charge in [-0.1, -0.05) is 11.6 Å². The van der Waals surface area contributed by atoms with Crippen LogP contribution in [-0.2, 0) is 0 Å². The van der Waals surface area contributed by atoms with Crippen LogP contribution in [0.3, 0.4) is 0 Å². The lowest BCUT2D eigenvalue weighted by Crippen LogP contribution is -2.39. The highest BCUT2D eigenvalue weighted by Crippen LogP contribution is 2.27. The summed E-state index contributed by atoms with van der Waals surface area (Å²) < 4.78 is 0. The van der Waals surface area contributed by atoms with E-state index < -0.39 is 0 Å². The molecular weight excluding hydrogens is 276 g/mol. The van der Waals surface area contributed by atoms with Crippen LogP contribution in [0.2, 0.25) is 5.02 Å². The molecule has 3 rings (SSSR count). The van der Waals surface area contributed by atoms with Gasteiger partial charge in [-0.3, -0.25) is 9.89 Å². The van der Waals surface area contributed by atoms with Crippen molar-refractivity contribution in [2.45, 2.75) is 25.7 Å². The quantitative estimate of drug-likeness (QED) is 0.894. The minimum Gasteiger partial charge on any atom is -0.356 e. The number of aromatic amines is 2. The standard InChI is InChI=1S/C14H17ClN4O/c1-9-5-12(18-17-9)10-3-2-4-19(8-10)14(20)13-6-11(15)7-16-13/h5-7,10,16H,2-4,8H2,1H3,(H,17,18)/t10-/m1/s1. The summed E-state index contributed by atoms with van der Waals surface area (Å²) in [6.07, 6.45) is 3.70. The first kappa shape index (κ1) is 13.2. The van der Waals surface area contributed by atoms with Crippen molar-refractivity contribution in [1.82, 2.24) is 20.1 Å². The molecule has 0 radical (unpaired) electrons. The van der Waals surface area contributed by atoms with Gasteiger partial charge in [-0.15, -0.1) is 0 Å². The van der Waals surface area contributed by atoms with Gasteiger partial charge in [-0.25, -0.2) is 0 Å². The van der Waals surface area contributed by atoms with E-state index in [0.29, 0.717) is 23.2 Å². The number of halogens is 1. The summed E-state index contributed by atoms with van der Waals surface area (Å²) in [6, 6.07) is 3.73. The van der Waals surface area contributed by atoms with E-state index in [9.17, 15) is 4.79 Å². The van der Waals surface area contributed by atoms with Crippen molar-refractivity contribution < 1.29 is 4.79 Å². The summed E-state index contributed by atoms with van der Waals surface area (Å²) in [6.45, 7) is 3.48. The lowest BCUT2D eigenvalue weighted by molar-refractivity contribution is 0.0700. The summed E-state index contributed by atoms with van der Waals surface area (Å²) in [4.78, 5) is 17.2. The Morgan fingerprint density at radius 2 is 2.35 bits per heavy atom. The topological polar surface area (TPSA) is 64.8 Å². The highest BCUT2D eigenvalue weighted by molar-refractivity contribution is 6.30. The van der Waals surface area contributed by atoms with Gasteiger partial charge >= 0.3 is 0 Å². The van der Waals surface area contributed by atoms with Crippen LogP contribution in [0.4, 0.5) is 0 Å². The average molecular weight is 293 g/mol. The van der Waals surface area contributed by atoms with Gasteiger partial charge in [0.25, 0.3) is 5.91 Å². The predicted octanol–water partition coefficient (Wildman–Crippen LogP) is 2.72. The normalized spacial score (nSPS) is 19.3. The molecule has 0 aromatic carbocycles. The molecule has 0 bridgehead atoms. The van der Waals surface area contributed by atoms with Crippen LogP contribution in [0, 0.1) is 6.92 Å². The van der Waals surface area contributed by atoms with Gasteiger partial charge in [-0.05, 0) is 31.9 Å². The molecule has 2 N–H and O–H groups in total. The van der Waals surface area contributed by atoms with Gasteiger partial charge in [0.15, 0.2) is 0 Å². The molecular formula is C14H17ClN4O. The maximum absolute atomic E-state index is 12.4. The van der Waals surface area contributed by atoms with Crippen molar-refractivity contribution in [3.63, 3.8) is 0 Å². The first-order valence-electron chi connectivity index (χ1n) is 6.78. The Hall–Kier alpha value is -1.75. The Labute approximate surface area is 122 Å². The van der Waals surface area contributed by atoms with Crippen LogP contribution in [0.15, 0.2) is 18.3 Å². The SMILES string of the molecule is Cc1cc([C@@H]2CCCN(C(=O)c3cc(Cl)c[nH]3)C2)n[nH]1. The zero-order valence-corrected chi connectivity index (χ0v) is 12.1. The monoisotopic (exact) mass is 292 g/mol. The molecule has 1 atom stereocenters. The number of hydrogen-bond acceptors (Lipinski definition) is 2. The van der Waals surface area contributed by atoms with Gasteiger partial charge in [0.1, 0.15) is 5.69 Å². The molecule has 6 heteroatoms. The molecule has 1 fully saturated rings. The molecule has 2 aromatic heterocycles. The highest BCUT2D eigenvalue weighted by atomic mass is 35.5. The molecule has 0 unspecified atom stereocenters. The maximum Gasteiger partial charge on any atom is 0.270 e. The number of piperidine rings is 1. The highest BCUT2D eigenvalue weighted by Gasteiger charge is 2.27. The predicted molar refractivity (Wildman–Crippen MR) is 77.0 cm³/mol. The minimum atomic E-state index is 0.00820. The second-order valence-corrected chi connectivity index (χ2v) is 5.73. The molecule has 20 heavy (non-hydrogen) atoms. The van der Waals surface area contributed by atoms with E-state index >= 15 is 0 Å². The van der Waals surface area contributed by atoms with Crippen molar-refractivity contribution in [3.05, 3.63) is 40.4 Å².